The lowest BCUT2D eigenvalue weighted by atomic mass is 10.0. The molecule has 0 saturated carbocycles. The van der Waals surface area contributed by atoms with E-state index < -0.39 is 0 Å². The van der Waals surface area contributed by atoms with Crippen molar-refractivity contribution in [3.63, 3.8) is 0 Å². The fourth-order valence-corrected chi connectivity index (χ4v) is 4.34. The number of carbonyl (C=O) groups excluding carboxylic acids is 1. The van der Waals surface area contributed by atoms with Gasteiger partial charge in [-0.3, -0.25) is 9.89 Å². The van der Waals surface area contributed by atoms with Crippen LogP contribution in [0.2, 0.25) is 0 Å². The smallest absolute Gasteiger partial charge is 0.223 e. The third-order valence-electron chi connectivity index (χ3n) is 3.72. The van der Waals surface area contributed by atoms with E-state index in [4.69, 9.17) is 0 Å². The molecule has 0 aliphatic carbocycles. The molecule has 0 aromatic carbocycles. The molecule has 112 valence electrons. The molecule has 1 aliphatic heterocycles. The first-order valence-electron chi connectivity index (χ1n) is 7.02. The Hall–Kier alpha value is -1.34. The van der Waals surface area contributed by atoms with Gasteiger partial charge in [0.05, 0.1) is 6.04 Å². The molecule has 3 heterocycles. The molecule has 5 nitrogen and oxygen atoms in total. The predicted octanol–water partition coefficient (Wildman–Crippen LogP) is 2.80. The summed E-state index contributed by atoms with van der Waals surface area (Å²) in [6, 6.07) is 2.35. The van der Waals surface area contributed by atoms with Crippen LogP contribution in [0.5, 0.6) is 0 Å². The average Bonchev–Trinajstić information content (AvgIpc) is 3.08. The molecule has 0 radical (unpaired) electrons. The standard InChI is InChI=1S/C14H18N4OS2/c1-9-11-4-7-20-12(11)3-6-18(9)13(19)5-8-21-14-15-10(2)16-17-14/h4,7,9H,3,5-6,8H2,1-2H3,(H,15,16,17). The van der Waals surface area contributed by atoms with E-state index in [9.17, 15) is 4.79 Å². The normalized spacial score (nSPS) is 17.8. The van der Waals surface area contributed by atoms with Crippen molar-refractivity contribution in [2.24, 2.45) is 0 Å². The lowest BCUT2D eigenvalue weighted by Crippen LogP contribution is -2.38. The quantitative estimate of drug-likeness (QED) is 0.879. The number of thioether (sulfide) groups is 1. The van der Waals surface area contributed by atoms with E-state index in [0.29, 0.717) is 11.6 Å². The molecule has 0 bridgehead atoms. The lowest BCUT2D eigenvalue weighted by Gasteiger charge is -2.33. The Bertz CT molecular complexity index is 636. The van der Waals surface area contributed by atoms with Gasteiger partial charge in [0.2, 0.25) is 11.1 Å². The summed E-state index contributed by atoms with van der Waals surface area (Å²) in [7, 11) is 0. The number of nitrogens with zero attached hydrogens (tertiary/aromatic N) is 3. The Morgan fingerprint density at radius 1 is 1.62 bits per heavy atom. The Kier molecular flexibility index (Phi) is 4.30. The van der Waals surface area contributed by atoms with Crippen molar-refractivity contribution in [3.05, 3.63) is 27.7 Å². The Balaban J connectivity index is 1.54. The summed E-state index contributed by atoms with van der Waals surface area (Å²) in [4.78, 5) is 20.1. The van der Waals surface area contributed by atoms with Crippen molar-refractivity contribution in [1.82, 2.24) is 20.1 Å². The maximum absolute atomic E-state index is 12.4. The van der Waals surface area contributed by atoms with Gasteiger partial charge < -0.3 is 4.90 Å². The second kappa shape index (κ2) is 6.19. The number of hydrogen-bond acceptors (Lipinski definition) is 5. The van der Waals surface area contributed by atoms with Gasteiger partial charge in [0, 0.05) is 23.6 Å². The summed E-state index contributed by atoms with van der Waals surface area (Å²) >= 11 is 3.32. The van der Waals surface area contributed by atoms with Gasteiger partial charge in [-0.15, -0.1) is 16.4 Å². The molecule has 1 unspecified atom stereocenters. The fourth-order valence-electron chi connectivity index (χ4n) is 2.61. The van der Waals surface area contributed by atoms with Crippen LogP contribution in [0, 0.1) is 6.92 Å². The number of thiophene rings is 1. The molecule has 0 spiro atoms. The SMILES string of the molecule is Cc1nc(SCCC(=O)N2CCc3sccc3C2C)n[nH]1. The zero-order valence-electron chi connectivity index (χ0n) is 12.1. The maximum atomic E-state index is 12.4. The average molecular weight is 322 g/mol. The van der Waals surface area contributed by atoms with Crippen molar-refractivity contribution in [2.75, 3.05) is 12.3 Å². The zero-order valence-corrected chi connectivity index (χ0v) is 13.8. The number of aromatic nitrogens is 3. The third-order valence-corrected chi connectivity index (χ3v) is 5.57. The number of aromatic amines is 1. The molecular weight excluding hydrogens is 304 g/mol. The Morgan fingerprint density at radius 3 is 3.24 bits per heavy atom. The number of nitrogens with one attached hydrogen (secondary N) is 1. The highest BCUT2D eigenvalue weighted by Gasteiger charge is 2.27. The van der Waals surface area contributed by atoms with E-state index in [2.05, 4.69) is 33.6 Å². The minimum atomic E-state index is 0.197. The van der Waals surface area contributed by atoms with Gasteiger partial charge in [0.15, 0.2) is 0 Å². The summed E-state index contributed by atoms with van der Waals surface area (Å²) in [5.41, 5.74) is 1.32. The topological polar surface area (TPSA) is 61.9 Å². The number of hydrogen-bond donors (Lipinski definition) is 1. The van der Waals surface area contributed by atoms with Crippen LogP contribution in [-0.4, -0.2) is 38.3 Å². The summed E-state index contributed by atoms with van der Waals surface area (Å²) in [5, 5.41) is 9.71. The van der Waals surface area contributed by atoms with Gasteiger partial charge in [0.25, 0.3) is 0 Å². The van der Waals surface area contributed by atoms with Crippen LogP contribution in [0.4, 0.5) is 0 Å². The van der Waals surface area contributed by atoms with Crippen LogP contribution < -0.4 is 0 Å². The van der Waals surface area contributed by atoms with E-state index in [1.807, 2.05) is 11.8 Å². The molecule has 7 heteroatoms. The fraction of sp³-hybridized carbons (Fsp3) is 0.500. The molecule has 1 aliphatic rings. The second-order valence-corrected chi connectivity index (χ2v) is 7.18. The number of H-pyrrole nitrogens is 1. The van der Waals surface area contributed by atoms with Crippen molar-refractivity contribution in [1.29, 1.82) is 0 Å². The molecule has 2 aromatic heterocycles. The molecular formula is C14H18N4OS2. The molecule has 0 fully saturated rings. The molecule has 1 atom stereocenters. The van der Waals surface area contributed by atoms with Crippen LogP contribution in [-0.2, 0) is 11.2 Å². The van der Waals surface area contributed by atoms with Gasteiger partial charge in [-0.25, -0.2) is 4.98 Å². The molecule has 1 amide bonds. The van der Waals surface area contributed by atoms with Gasteiger partial charge in [-0.1, -0.05) is 11.8 Å². The van der Waals surface area contributed by atoms with Crippen LogP contribution in [0.25, 0.3) is 0 Å². The van der Waals surface area contributed by atoms with Crippen LogP contribution >= 0.6 is 23.1 Å². The monoisotopic (exact) mass is 322 g/mol. The first-order valence-corrected chi connectivity index (χ1v) is 8.89. The third kappa shape index (κ3) is 3.13. The zero-order chi connectivity index (χ0) is 14.8. The molecule has 1 N–H and O–H groups in total. The summed E-state index contributed by atoms with van der Waals surface area (Å²) < 4.78 is 0. The highest BCUT2D eigenvalue weighted by Crippen LogP contribution is 2.33. The van der Waals surface area contributed by atoms with E-state index >= 15 is 0 Å². The van der Waals surface area contributed by atoms with Crippen LogP contribution in [0.1, 0.15) is 35.7 Å². The largest absolute Gasteiger partial charge is 0.336 e. The minimum Gasteiger partial charge on any atom is -0.336 e. The Morgan fingerprint density at radius 2 is 2.48 bits per heavy atom. The van der Waals surface area contributed by atoms with E-state index in [0.717, 1.165) is 24.5 Å². The first kappa shape index (κ1) is 14.6. The summed E-state index contributed by atoms with van der Waals surface area (Å²) in [6.07, 6.45) is 1.51. The van der Waals surface area contributed by atoms with E-state index in [-0.39, 0.29) is 11.9 Å². The summed E-state index contributed by atoms with van der Waals surface area (Å²) in [5.74, 6) is 1.74. The van der Waals surface area contributed by atoms with Gasteiger partial charge in [0.1, 0.15) is 5.82 Å². The highest BCUT2D eigenvalue weighted by molar-refractivity contribution is 7.99. The lowest BCUT2D eigenvalue weighted by molar-refractivity contribution is -0.133. The van der Waals surface area contributed by atoms with Crippen molar-refractivity contribution in [2.45, 2.75) is 37.9 Å². The Labute approximate surface area is 132 Å². The molecule has 0 saturated heterocycles. The van der Waals surface area contributed by atoms with Gasteiger partial charge in [-0.05, 0) is 37.3 Å². The molecule has 3 rings (SSSR count). The predicted molar refractivity (Wildman–Crippen MR) is 84.6 cm³/mol. The number of carbonyl (C=O) groups is 1. The van der Waals surface area contributed by atoms with Gasteiger partial charge >= 0.3 is 0 Å². The van der Waals surface area contributed by atoms with Crippen molar-refractivity contribution < 1.29 is 4.79 Å². The highest BCUT2D eigenvalue weighted by atomic mass is 32.2. The van der Waals surface area contributed by atoms with Crippen molar-refractivity contribution >= 4 is 29.0 Å². The molecule has 2 aromatic rings. The van der Waals surface area contributed by atoms with Gasteiger partial charge in [-0.2, -0.15) is 0 Å². The van der Waals surface area contributed by atoms with Crippen LogP contribution in [0.3, 0.4) is 0 Å². The molecule has 21 heavy (non-hydrogen) atoms. The van der Waals surface area contributed by atoms with E-state index in [1.165, 1.54) is 22.2 Å². The first-order chi connectivity index (χ1) is 10.1. The minimum absolute atomic E-state index is 0.197. The van der Waals surface area contributed by atoms with E-state index in [1.54, 1.807) is 11.3 Å². The number of aryl methyl sites for hydroxylation is 1. The van der Waals surface area contributed by atoms with Crippen molar-refractivity contribution in [3.8, 4) is 0 Å². The number of amides is 1. The maximum Gasteiger partial charge on any atom is 0.223 e. The van der Waals surface area contributed by atoms with Crippen LogP contribution in [0.15, 0.2) is 16.6 Å². The number of rotatable bonds is 4. The second-order valence-electron chi connectivity index (χ2n) is 5.11. The number of fused-ring (bicyclic) bond motifs is 1. The summed E-state index contributed by atoms with van der Waals surface area (Å²) in [6.45, 7) is 4.82.